The molecule has 0 atom stereocenters. The number of fused-ring (bicyclic) bond motifs is 1. The Labute approximate surface area is 210 Å². The molecule has 0 aliphatic heterocycles. The van der Waals surface area contributed by atoms with E-state index in [1.54, 1.807) is 49.2 Å². The molecular formula is C24H25BrFN5O4. The number of aromatic nitrogens is 2. The van der Waals surface area contributed by atoms with Gasteiger partial charge in [-0.15, -0.1) is 0 Å². The smallest absolute Gasteiger partial charge is 0.320 e. The molecule has 0 aliphatic rings. The van der Waals surface area contributed by atoms with Crippen LogP contribution in [0.3, 0.4) is 0 Å². The van der Waals surface area contributed by atoms with Gasteiger partial charge in [-0.2, -0.15) is 0 Å². The second-order valence-corrected chi connectivity index (χ2v) is 8.29. The van der Waals surface area contributed by atoms with Crippen molar-refractivity contribution in [3.05, 3.63) is 59.1 Å². The van der Waals surface area contributed by atoms with Crippen LogP contribution in [0.25, 0.3) is 10.9 Å². The summed E-state index contributed by atoms with van der Waals surface area (Å²) < 4.78 is 24.2. The Bertz CT molecular complexity index is 1250. The summed E-state index contributed by atoms with van der Waals surface area (Å²) in [5.74, 6) is -0.178. The first-order chi connectivity index (χ1) is 16.8. The first-order valence-corrected chi connectivity index (χ1v) is 11.5. The summed E-state index contributed by atoms with van der Waals surface area (Å²) in [4.78, 5) is 34.3. The number of esters is 1. The monoisotopic (exact) mass is 545 g/mol. The lowest BCUT2D eigenvalue weighted by molar-refractivity contribution is -0.143. The first-order valence-electron chi connectivity index (χ1n) is 10.7. The van der Waals surface area contributed by atoms with Gasteiger partial charge in [0.2, 0.25) is 5.91 Å². The lowest BCUT2D eigenvalue weighted by Gasteiger charge is -2.14. The second kappa shape index (κ2) is 12.2. The lowest BCUT2D eigenvalue weighted by Crippen LogP contribution is -2.27. The van der Waals surface area contributed by atoms with Crippen molar-refractivity contribution >= 4 is 55.9 Å². The summed E-state index contributed by atoms with van der Waals surface area (Å²) in [6, 6.07) is 7.91. The average Bonchev–Trinajstić information content (AvgIpc) is 2.81. The van der Waals surface area contributed by atoms with Gasteiger partial charge in [-0.1, -0.05) is 6.08 Å². The van der Waals surface area contributed by atoms with Gasteiger partial charge in [-0.25, -0.2) is 14.4 Å². The van der Waals surface area contributed by atoms with Gasteiger partial charge in [0, 0.05) is 29.8 Å². The number of nitrogens with one attached hydrogen (secondary N) is 2. The Morgan fingerprint density at radius 2 is 2.03 bits per heavy atom. The number of rotatable bonds is 10. The van der Waals surface area contributed by atoms with Crippen LogP contribution in [0.2, 0.25) is 0 Å². The van der Waals surface area contributed by atoms with Crippen molar-refractivity contribution in [2.45, 2.75) is 6.92 Å². The first kappa shape index (κ1) is 26.0. The molecule has 1 amide bonds. The maximum absolute atomic E-state index is 13.6. The highest BCUT2D eigenvalue weighted by atomic mass is 79.9. The molecule has 35 heavy (non-hydrogen) atoms. The molecule has 0 spiro atoms. The Morgan fingerprint density at radius 1 is 1.23 bits per heavy atom. The number of nitrogens with zero attached hydrogens (tertiary/aromatic N) is 3. The molecule has 2 aromatic carbocycles. The highest BCUT2D eigenvalue weighted by molar-refractivity contribution is 9.10. The standard InChI is InChI=1S/C24H25BrFN5O4/c1-4-35-23(33)13-31(2)9-5-6-22(32)30-20-11-16-19(12-21(20)34-3)27-14-28-24(16)29-15-7-8-18(26)17(25)10-15/h5-8,10-12,14H,4,9,13H2,1-3H3,(H,30,32)(H,27,28,29)/b6-5+. The van der Waals surface area contributed by atoms with E-state index in [-0.39, 0.29) is 24.2 Å². The van der Waals surface area contributed by atoms with E-state index in [4.69, 9.17) is 9.47 Å². The zero-order valence-corrected chi connectivity index (χ0v) is 21.1. The fraction of sp³-hybridized carbons (Fsp3) is 0.250. The van der Waals surface area contributed by atoms with Crippen molar-refractivity contribution in [1.82, 2.24) is 14.9 Å². The van der Waals surface area contributed by atoms with Crippen molar-refractivity contribution in [1.29, 1.82) is 0 Å². The number of methoxy groups -OCH3 is 1. The molecule has 184 valence electrons. The molecule has 0 saturated carbocycles. The number of likely N-dealkylation sites (N-methyl/N-ethyl adjacent to an activating group) is 1. The van der Waals surface area contributed by atoms with Gasteiger partial charge in [0.15, 0.2) is 0 Å². The van der Waals surface area contributed by atoms with E-state index in [9.17, 15) is 14.0 Å². The summed E-state index contributed by atoms with van der Waals surface area (Å²) in [5, 5.41) is 6.57. The zero-order chi connectivity index (χ0) is 25.4. The van der Waals surface area contributed by atoms with Crippen LogP contribution in [-0.2, 0) is 14.3 Å². The minimum Gasteiger partial charge on any atom is -0.494 e. The second-order valence-electron chi connectivity index (χ2n) is 7.44. The molecule has 1 heterocycles. The van der Waals surface area contributed by atoms with Crippen molar-refractivity contribution in [3.8, 4) is 5.75 Å². The molecule has 0 fully saturated rings. The number of carbonyl (C=O) groups excluding carboxylic acids is 2. The summed E-state index contributed by atoms with van der Waals surface area (Å²) >= 11 is 3.17. The number of hydrogen-bond acceptors (Lipinski definition) is 8. The molecule has 0 aliphatic carbocycles. The van der Waals surface area contributed by atoms with E-state index in [1.807, 2.05) is 0 Å². The van der Waals surface area contributed by atoms with Gasteiger partial charge in [0.25, 0.3) is 0 Å². The fourth-order valence-electron chi connectivity index (χ4n) is 3.17. The Kier molecular flexibility index (Phi) is 9.10. The van der Waals surface area contributed by atoms with E-state index in [1.165, 1.54) is 25.6 Å². The number of carbonyl (C=O) groups is 2. The Hall–Kier alpha value is -3.57. The predicted molar refractivity (Wildman–Crippen MR) is 135 cm³/mol. The van der Waals surface area contributed by atoms with Crippen LogP contribution in [0.4, 0.5) is 21.6 Å². The van der Waals surface area contributed by atoms with Crippen molar-refractivity contribution in [3.63, 3.8) is 0 Å². The third kappa shape index (κ3) is 7.20. The number of anilines is 3. The maximum atomic E-state index is 13.6. The summed E-state index contributed by atoms with van der Waals surface area (Å²) in [7, 11) is 3.24. The molecule has 2 N–H and O–H groups in total. The van der Waals surface area contributed by atoms with E-state index < -0.39 is 0 Å². The van der Waals surface area contributed by atoms with Crippen LogP contribution in [0.1, 0.15) is 6.92 Å². The molecule has 0 radical (unpaired) electrons. The zero-order valence-electron chi connectivity index (χ0n) is 19.5. The quantitative estimate of drug-likeness (QED) is 0.287. The summed E-state index contributed by atoms with van der Waals surface area (Å²) in [6.45, 7) is 2.58. The number of benzene rings is 2. The van der Waals surface area contributed by atoms with Crippen molar-refractivity contribution in [2.24, 2.45) is 0 Å². The molecule has 3 rings (SSSR count). The van der Waals surface area contributed by atoms with Gasteiger partial charge in [-0.05, 0) is 54.2 Å². The molecule has 1 aromatic heterocycles. The molecule has 0 saturated heterocycles. The molecular weight excluding hydrogens is 521 g/mol. The fourth-order valence-corrected chi connectivity index (χ4v) is 3.55. The van der Waals surface area contributed by atoms with E-state index >= 15 is 0 Å². The third-order valence-corrected chi connectivity index (χ3v) is 5.40. The molecule has 0 bridgehead atoms. The largest absolute Gasteiger partial charge is 0.494 e. The third-order valence-electron chi connectivity index (χ3n) is 4.79. The van der Waals surface area contributed by atoms with Gasteiger partial charge in [-0.3, -0.25) is 14.5 Å². The number of ether oxygens (including phenoxy) is 2. The number of amides is 1. The van der Waals surface area contributed by atoms with Crippen LogP contribution in [0.15, 0.2) is 53.3 Å². The van der Waals surface area contributed by atoms with Crippen LogP contribution in [-0.4, -0.2) is 60.6 Å². The SMILES string of the molecule is CCOC(=O)CN(C)C/C=C/C(=O)Nc1cc2c(Nc3ccc(F)c(Br)c3)ncnc2cc1OC. The van der Waals surface area contributed by atoms with Crippen LogP contribution >= 0.6 is 15.9 Å². The van der Waals surface area contributed by atoms with Gasteiger partial charge < -0.3 is 20.1 Å². The summed E-state index contributed by atoms with van der Waals surface area (Å²) in [5.41, 5.74) is 1.64. The van der Waals surface area contributed by atoms with Gasteiger partial charge in [0.05, 0.1) is 35.9 Å². The highest BCUT2D eigenvalue weighted by Crippen LogP contribution is 2.33. The predicted octanol–water partition coefficient (Wildman–Crippen LogP) is 4.27. The maximum Gasteiger partial charge on any atom is 0.320 e. The van der Waals surface area contributed by atoms with Crippen LogP contribution in [0.5, 0.6) is 5.75 Å². The van der Waals surface area contributed by atoms with Crippen LogP contribution < -0.4 is 15.4 Å². The molecule has 0 unspecified atom stereocenters. The van der Waals surface area contributed by atoms with Crippen LogP contribution in [0, 0.1) is 5.82 Å². The number of halogens is 2. The van der Waals surface area contributed by atoms with E-state index in [0.29, 0.717) is 51.5 Å². The molecule has 11 heteroatoms. The van der Waals surface area contributed by atoms with E-state index in [0.717, 1.165) is 0 Å². The summed E-state index contributed by atoms with van der Waals surface area (Å²) in [6.07, 6.45) is 4.42. The van der Waals surface area contributed by atoms with Crippen molar-refractivity contribution < 1.29 is 23.5 Å². The molecule has 9 nitrogen and oxygen atoms in total. The van der Waals surface area contributed by atoms with Gasteiger partial charge >= 0.3 is 5.97 Å². The van der Waals surface area contributed by atoms with Gasteiger partial charge in [0.1, 0.15) is 23.7 Å². The van der Waals surface area contributed by atoms with Crippen molar-refractivity contribution in [2.75, 3.05) is 44.5 Å². The Morgan fingerprint density at radius 3 is 2.74 bits per heavy atom. The minimum absolute atomic E-state index is 0.124. The average molecular weight is 546 g/mol. The number of hydrogen-bond donors (Lipinski definition) is 2. The lowest BCUT2D eigenvalue weighted by atomic mass is 10.1. The Balaban J connectivity index is 1.77. The van der Waals surface area contributed by atoms with E-state index in [2.05, 4.69) is 36.5 Å². The topological polar surface area (TPSA) is 106 Å². The highest BCUT2D eigenvalue weighted by Gasteiger charge is 2.13. The minimum atomic E-state index is -0.377. The molecule has 3 aromatic rings. The normalized spacial score (nSPS) is 11.1.